The van der Waals surface area contributed by atoms with Crippen LogP contribution in [0.1, 0.15) is 24.5 Å². The lowest BCUT2D eigenvalue weighted by atomic mass is 9.89. The smallest absolute Gasteiger partial charge is 0.119 e. The molecule has 94 valence electrons. The molecule has 1 N–H and O–H groups in total. The van der Waals surface area contributed by atoms with Gasteiger partial charge in [-0.3, -0.25) is 0 Å². The average molecular weight is 235 g/mol. The minimum atomic E-state index is 0.200. The highest BCUT2D eigenvalue weighted by molar-refractivity contribution is 5.30. The Kier molecular flexibility index (Phi) is 4.40. The van der Waals surface area contributed by atoms with E-state index in [-0.39, 0.29) is 6.10 Å². The highest BCUT2D eigenvalue weighted by Gasteiger charge is 2.26. The summed E-state index contributed by atoms with van der Waals surface area (Å²) in [5.74, 6) is 1.46. The summed E-state index contributed by atoms with van der Waals surface area (Å²) in [6.07, 6.45) is 2.58. The van der Waals surface area contributed by atoms with Crippen molar-refractivity contribution in [3.63, 3.8) is 0 Å². The molecule has 0 bridgehead atoms. The van der Waals surface area contributed by atoms with Gasteiger partial charge in [0, 0.05) is 19.1 Å². The zero-order valence-corrected chi connectivity index (χ0v) is 10.6. The molecule has 0 saturated carbocycles. The van der Waals surface area contributed by atoms with Crippen molar-refractivity contribution in [2.24, 2.45) is 5.92 Å². The third-order valence-electron chi connectivity index (χ3n) is 3.33. The highest BCUT2D eigenvalue weighted by atomic mass is 16.5. The molecule has 1 saturated heterocycles. The number of benzene rings is 1. The van der Waals surface area contributed by atoms with E-state index in [1.165, 1.54) is 12.0 Å². The maximum Gasteiger partial charge on any atom is 0.119 e. The first-order chi connectivity index (χ1) is 8.35. The molecule has 1 heterocycles. The van der Waals surface area contributed by atoms with Gasteiger partial charge < -0.3 is 14.8 Å². The molecule has 2 rings (SSSR count). The quantitative estimate of drug-likeness (QED) is 0.869. The van der Waals surface area contributed by atoms with Gasteiger partial charge >= 0.3 is 0 Å². The standard InChI is InChI=1S/C14H21NO2/c1-15-10-12-6-4-8-17-14(12)11-5-3-7-13(9-11)16-2/h3,5,7,9,12,14-15H,4,6,8,10H2,1-2H3. The zero-order chi connectivity index (χ0) is 12.1. The van der Waals surface area contributed by atoms with Crippen LogP contribution in [0.25, 0.3) is 0 Å². The van der Waals surface area contributed by atoms with Crippen LogP contribution in [0.3, 0.4) is 0 Å². The fourth-order valence-corrected chi connectivity index (χ4v) is 2.50. The van der Waals surface area contributed by atoms with E-state index in [0.29, 0.717) is 5.92 Å². The van der Waals surface area contributed by atoms with Crippen LogP contribution in [-0.4, -0.2) is 27.3 Å². The van der Waals surface area contributed by atoms with Gasteiger partial charge in [0.25, 0.3) is 0 Å². The maximum absolute atomic E-state index is 5.93. The number of methoxy groups -OCH3 is 1. The molecule has 3 nitrogen and oxygen atoms in total. The molecule has 3 heteroatoms. The second-order valence-corrected chi connectivity index (χ2v) is 4.53. The van der Waals surface area contributed by atoms with Gasteiger partial charge in [-0.25, -0.2) is 0 Å². The third-order valence-corrected chi connectivity index (χ3v) is 3.33. The van der Waals surface area contributed by atoms with Crippen molar-refractivity contribution in [2.45, 2.75) is 18.9 Å². The van der Waals surface area contributed by atoms with Crippen LogP contribution < -0.4 is 10.1 Å². The molecular formula is C14H21NO2. The first-order valence-electron chi connectivity index (χ1n) is 6.25. The van der Waals surface area contributed by atoms with Crippen molar-refractivity contribution in [3.05, 3.63) is 29.8 Å². The SMILES string of the molecule is CNCC1CCCOC1c1cccc(OC)c1. The number of rotatable bonds is 4. The number of nitrogens with one attached hydrogen (secondary N) is 1. The van der Waals surface area contributed by atoms with Gasteiger partial charge in [0.1, 0.15) is 5.75 Å². The molecule has 0 aliphatic carbocycles. The molecule has 0 radical (unpaired) electrons. The van der Waals surface area contributed by atoms with E-state index in [4.69, 9.17) is 9.47 Å². The summed E-state index contributed by atoms with van der Waals surface area (Å²) in [4.78, 5) is 0. The van der Waals surface area contributed by atoms with Crippen LogP contribution in [0.15, 0.2) is 24.3 Å². The summed E-state index contributed by atoms with van der Waals surface area (Å²) in [5, 5.41) is 3.25. The molecule has 2 unspecified atom stereocenters. The van der Waals surface area contributed by atoms with E-state index >= 15 is 0 Å². The molecular weight excluding hydrogens is 214 g/mol. The predicted molar refractivity (Wildman–Crippen MR) is 68.3 cm³/mol. The van der Waals surface area contributed by atoms with Crippen molar-refractivity contribution < 1.29 is 9.47 Å². The summed E-state index contributed by atoms with van der Waals surface area (Å²) < 4.78 is 11.2. The second kappa shape index (κ2) is 6.03. The molecule has 1 fully saturated rings. The summed E-state index contributed by atoms with van der Waals surface area (Å²) in [6, 6.07) is 8.21. The van der Waals surface area contributed by atoms with Crippen LogP contribution in [0.5, 0.6) is 5.75 Å². The summed E-state index contributed by atoms with van der Waals surface area (Å²) in [7, 11) is 3.70. The maximum atomic E-state index is 5.93. The topological polar surface area (TPSA) is 30.5 Å². The van der Waals surface area contributed by atoms with Gasteiger partial charge in [-0.15, -0.1) is 0 Å². The Labute approximate surface area is 103 Å². The van der Waals surface area contributed by atoms with Crippen LogP contribution >= 0.6 is 0 Å². The van der Waals surface area contributed by atoms with Crippen LogP contribution in [0, 0.1) is 5.92 Å². The lowest BCUT2D eigenvalue weighted by molar-refractivity contribution is -0.0273. The Morgan fingerprint density at radius 2 is 2.35 bits per heavy atom. The molecule has 0 aromatic heterocycles. The number of ether oxygens (including phenoxy) is 2. The molecule has 1 aromatic carbocycles. The van der Waals surface area contributed by atoms with Crippen molar-refractivity contribution in [1.82, 2.24) is 5.32 Å². The normalized spacial score (nSPS) is 24.6. The third kappa shape index (κ3) is 2.99. The van der Waals surface area contributed by atoms with Crippen molar-refractivity contribution in [2.75, 3.05) is 27.3 Å². The first-order valence-corrected chi connectivity index (χ1v) is 6.25. The van der Waals surface area contributed by atoms with Gasteiger partial charge in [0.2, 0.25) is 0 Å². The van der Waals surface area contributed by atoms with Gasteiger partial charge in [-0.1, -0.05) is 12.1 Å². The highest BCUT2D eigenvalue weighted by Crippen LogP contribution is 2.34. The predicted octanol–water partition coefficient (Wildman–Crippen LogP) is 2.38. The van der Waals surface area contributed by atoms with E-state index in [1.807, 2.05) is 19.2 Å². The molecule has 2 atom stereocenters. The lowest BCUT2D eigenvalue weighted by Crippen LogP contribution is -2.30. The Morgan fingerprint density at radius 1 is 1.47 bits per heavy atom. The van der Waals surface area contributed by atoms with Crippen molar-refractivity contribution in [1.29, 1.82) is 0 Å². The summed E-state index contributed by atoms with van der Waals surface area (Å²) in [5.41, 5.74) is 1.23. The van der Waals surface area contributed by atoms with Gasteiger partial charge in [-0.05, 0) is 37.6 Å². The van der Waals surface area contributed by atoms with Crippen molar-refractivity contribution in [3.8, 4) is 5.75 Å². The molecule has 0 spiro atoms. The fourth-order valence-electron chi connectivity index (χ4n) is 2.50. The molecule has 1 aromatic rings. The second-order valence-electron chi connectivity index (χ2n) is 4.53. The average Bonchev–Trinajstić information content (AvgIpc) is 2.40. The fraction of sp³-hybridized carbons (Fsp3) is 0.571. The van der Waals surface area contributed by atoms with Crippen molar-refractivity contribution >= 4 is 0 Å². The van der Waals surface area contributed by atoms with Crippen LogP contribution in [-0.2, 0) is 4.74 Å². The lowest BCUT2D eigenvalue weighted by Gasteiger charge is -2.32. The monoisotopic (exact) mass is 235 g/mol. The van der Waals surface area contributed by atoms with E-state index in [1.54, 1.807) is 7.11 Å². The van der Waals surface area contributed by atoms with E-state index in [9.17, 15) is 0 Å². The van der Waals surface area contributed by atoms with E-state index in [0.717, 1.165) is 25.3 Å². The van der Waals surface area contributed by atoms with Gasteiger partial charge in [0.15, 0.2) is 0 Å². The van der Waals surface area contributed by atoms with Gasteiger partial charge in [0.05, 0.1) is 13.2 Å². The van der Waals surface area contributed by atoms with Crippen LogP contribution in [0.2, 0.25) is 0 Å². The zero-order valence-electron chi connectivity index (χ0n) is 10.6. The Hall–Kier alpha value is -1.06. The first kappa shape index (κ1) is 12.4. The van der Waals surface area contributed by atoms with Gasteiger partial charge in [-0.2, -0.15) is 0 Å². The Morgan fingerprint density at radius 3 is 3.12 bits per heavy atom. The number of hydrogen-bond donors (Lipinski definition) is 1. The van der Waals surface area contributed by atoms with E-state index < -0.39 is 0 Å². The minimum absolute atomic E-state index is 0.200. The summed E-state index contributed by atoms with van der Waals surface area (Å²) in [6.45, 7) is 1.87. The Bertz CT molecular complexity index is 352. The molecule has 17 heavy (non-hydrogen) atoms. The number of hydrogen-bond acceptors (Lipinski definition) is 3. The Balaban J connectivity index is 2.16. The molecule has 1 aliphatic rings. The van der Waals surface area contributed by atoms with E-state index in [2.05, 4.69) is 17.4 Å². The minimum Gasteiger partial charge on any atom is -0.497 e. The summed E-state index contributed by atoms with van der Waals surface area (Å²) >= 11 is 0. The van der Waals surface area contributed by atoms with Crippen LogP contribution in [0.4, 0.5) is 0 Å². The molecule has 0 amide bonds. The molecule has 1 aliphatic heterocycles. The largest absolute Gasteiger partial charge is 0.497 e.